The quantitative estimate of drug-likeness (QED) is 0.534. The number of aryl methyl sites for hydroxylation is 1. The van der Waals surface area contributed by atoms with E-state index >= 15 is 0 Å². The van der Waals surface area contributed by atoms with Crippen molar-refractivity contribution in [1.82, 2.24) is 19.7 Å². The van der Waals surface area contributed by atoms with Crippen LogP contribution in [0.5, 0.6) is 0 Å². The standard InChI is InChI=1S/C21H25N5OS2/c1-16-5-7-18(8-6-16)26-20(25-10-3-4-11-25)22-23-21(26)29-15-19(27)24(2)13-17-9-12-28-14-17/h5-9,12,14H,3-4,10-11,13,15H2,1-2H3. The molecule has 0 unspecified atom stereocenters. The Kier molecular flexibility index (Phi) is 6.20. The maximum Gasteiger partial charge on any atom is 0.233 e. The fraction of sp³-hybridized carbons (Fsp3) is 0.381. The highest BCUT2D eigenvalue weighted by Crippen LogP contribution is 2.29. The van der Waals surface area contributed by atoms with Crippen LogP contribution in [0.2, 0.25) is 0 Å². The number of carbonyl (C=O) groups excluding carboxylic acids is 1. The van der Waals surface area contributed by atoms with Crippen molar-refractivity contribution >= 4 is 35.0 Å². The molecule has 1 aromatic carbocycles. The number of amides is 1. The summed E-state index contributed by atoms with van der Waals surface area (Å²) >= 11 is 3.10. The lowest BCUT2D eigenvalue weighted by atomic mass is 10.2. The van der Waals surface area contributed by atoms with E-state index in [2.05, 4.69) is 62.3 Å². The second kappa shape index (κ2) is 9.00. The highest BCUT2D eigenvalue weighted by Gasteiger charge is 2.23. The Balaban J connectivity index is 1.52. The summed E-state index contributed by atoms with van der Waals surface area (Å²) in [6.07, 6.45) is 2.35. The van der Waals surface area contributed by atoms with Gasteiger partial charge in [-0.1, -0.05) is 29.5 Å². The highest BCUT2D eigenvalue weighted by molar-refractivity contribution is 7.99. The molecule has 3 aromatic rings. The maximum absolute atomic E-state index is 12.6. The van der Waals surface area contributed by atoms with E-state index < -0.39 is 0 Å². The molecule has 3 heterocycles. The molecule has 0 aliphatic carbocycles. The lowest BCUT2D eigenvalue weighted by Gasteiger charge is -2.19. The Hall–Kier alpha value is -2.32. The normalized spacial score (nSPS) is 13.8. The van der Waals surface area contributed by atoms with E-state index in [0.29, 0.717) is 12.3 Å². The number of rotatable bonds is 7. The van der Waals surface area contributed by atoms with Gasteiger partial charge in [0.2, 0.25) is 11.9 Å². The number of benzene rings is 1. The molecule has 0 bridgehead atoms. The van der Waals surface area contributed by atoms with Gasteiger partial charge in [-0.15, -0.1) is 10.2 Å². The molecule has 6 nitrogen and oxygen atoms in total. The molecule has 1 aliphatic heterocycles. The van der Waals surface area contributed by atoms with Gasteiger partial charge in [-0.25, -0.2) is 0 Å². The van der Waals surface area contributed by atoms with E-state index in [0.717, 1.165) is 35.4 Å². The van der Waals surface area contributed by atoms with Gasteiger partial charge in [0.1, 0.15) is 0 Å². The number of hydrogen-bond donors (Lipinski definition) is 0. The summed E-state index contributed by atoms with van der Waals surface area (Å²) in [7, 11) is 1.85. The fourth-order valence-corrected chi connectivity index (χ4v) is 4.93. The molecule has 0 radical (unpaired) electrons. The number of hydrogen-bond acceptors (Lipinski definition) is 6. The maximum atomic E-state index is 12.6. The van der Waals surface area contributed by atoms with Crippen LogP contribution in [-0.4, -0.2) is 51.5 Å². The van der Waals surface area contributed by atoms with Crippen molar-refractivity contribution in [2.45, 2.75) is 31.5 Å². The van der Waals surface area contributed by atoms with Crippen LogP contribution in [0.15, 0.2) is 46.2 Å². The van der Waals surface area contributed by atoms with Crippen LogP contribution < -0.4 is 4.90 Å². The number of aromatic nitrogens is 3. The lowest BCUT2D eigenvalue weighted by molar-refractivity contribution is -0.127. The van der Waals surface area contributed by atoms with Crippen molar-refractivity contribution in [3.63, 3.8) is 0 Å². The molecule has 1 aliphatic rings. The number of nitrogens with zero attached hydrogens (tertiary/aromatic N) is 5. The number of anilines is 1. The molecule has 8 heteroatoms. The molecule has 0 spiro atoms. The van der Waals surface area contributed by atoms with Gasteiger partial charge >= 0.3 is 0 Å². The fourth-order valence-electron chi connectivity index (χ4n) is 3.38. The molecular formula is C21H25N5OS2. The molecule has 1 fully saturated rings. The van der Waals surface area contributed by atoms with Crippen LogP contribution in [0, 0.1) is 6.92 Å². The minimum Gasteiger partial charge on any atom is -0.341 e. The zero-order valence-corrected chi connectivity index (χ0v) is 18.4. The Morgan fingerprint density at radius 2 is 1.93 bits per heavy atom. The van der Waals surface area contributed by atoms with Gasteiger partial charge < -0.3 is 9.80 Å². The van der Waals surface area contributed by atoms with E-state index in [9.17, 15) is 4.79 Å². The van der Waals surface area contributed by atoms with Crippen LogP contribution in [-0.2, 0) is 11.3 Å². The molecule has 1 amide bonds. The van der Waals surface area contributed by atoms with Crippen LogP contribution in [0.3, 0.4) is 0 Å². The van der Waals surface area contributed by atoms with Crippen LogP contribution >= 0.6 is 23.1 Å². The van der Waals surface area contributed by atoms with Crippen LogP contribution in [0.4, 0.5) is 5.95 Å². The first kappa shape index (κ1) is 20.0. The van der Waals surface area contributed by atoms with Gasteiger partial charge in [-0.3, -0.25) is 9.36 Å². The summed E-state index contributed by atoms with van der Waals surface area (Å²) in [5, 5.41) is 13.8. The van der Waals surface area contributed by atoms with E-state index in [1.165, 1.54) is 30.2 Å². The van der Waals surface area contributed by atoms with E-state index in [4.69, 9.17) is 0 Å². The second-order valence-electron chi connectivity index (χ2n) is 7.32. The monoisotopic (exact) mass is 427 g/mol. The number of thiophene rings is 1. The predicted octanol–water partition coefficient (Wildman–Crippen LogP) is 3.99. The molecule has 1 saturated heterocycles. The summed E-state index contributed by atoms with van der Waals surface area (Å²) in [5.74, 6) is 1.29. The van der Waals surface area contributed by atoms with Crippen molar-refractivity contribution in [3.8, 4) is 5.69 Å². The average Bonchev–Trinajstić information content (AvgIpc) is 3.48. The van der Waals surface area contributed by atoms with Gasteiger partial charge in [0.25, 0.3) is 0 Å². The second-order valence-corrected chi connectivity index (χ2v) is 9.04. The van der Waals surface area contributed by atoms with Gasteiger partial charge in [-0.05, 0) is 54.3 Å². The SMILES string of the molecule is Cc1ccc(-n2c(SCC(=O)N(C)Cc3ccsc3)nnc2N2CCCC2)cc1. The van der Waals surface area contributed by atoms with E-state index in [1.54, 1.807) is 16.2 Å². The smallest absolute Gasteiger partial charge is 0.233 e. The van der Waals surface area contributed by atoms with Gasteiger partial charge in [-0.2, -0.15) is 11.3 Å². The molecule has 0 saturated carbocycles. The molecule has 0 atom stereocenters. The third kappa shape index (κ3) is 4.64. The van der Waals surface area contributed by atoms with Gasteiger partial charge in [0, 0.05) is 26.7 Å². The van der Waals surface area contributed by atoms with Crippen LogP contribution in [0.1, 0.15) is 24.0 Å². The first-order chi connectivity index (χ1) is 14.1. The van der Waals surface area contributed by atoms with E-state index in [-0.39, 0.29) is 5.91 Å². The topological polar surface area (TPSA) is 54.3 Å². The summed E-state index contributed by atoms with van der Waals surface area (Å²) in [6.45, 7) is 4.70. The Labute approximate surface area is 179 Å². The molecular weight excluding hydrogens is 402 g/mol. The predicted molar refractivity (Wildman–Crippen MR) is 119 cm³/mol. The molecule has 29 heavy (non-hydrogen) atoms. The lowest BCUT2D eigenvalue weighted by Crippen LogP contribution is -2.27. The van der Waals surface area contributed by atoms with Crippen molar-refractivity contribution in [2.75, 3.05) is 30.8 Å². The zero-order valence-electron chi connectivity index (χ0n) is 16.7. The van der Waals surface area contributed by atoms with Crippen molar-refractivity contribution in [2.24, 2.45) is 0 Å². The summed E-state index contributed by atoms with van der Waals surface area (Å²) in [6, 6.07) is 10.4. The summed E-state index contributed by atoms with van der Waals surface area (Å²) in [5.41, 5.74) is 3.41. The van der Waals surface area contributed by atoms with E-state index in [1.807, 2.05) is 12.4 Å². The highest BCUT2D eigenvalue weighted by atomic mass is 32.2. The largest absolute Gasteiger partial charge is 0.341 e. The molecule has 2 aromatic heterocycles. The van der Waals surface area contributed by atoms with Crippen molar-refractivity contribution in [1.29, 1.82) is 0 Å². The third-order valence-electron chi connectivity index (χ3n) is 5.05. The number of thioether (sulfide) groups is 1. The Bertz CT molecular complexity index is 946. The zero-order chi connectivity index (χ0) is 20.2. The first-order valence-electron chi connectivity index (χ1n) is 9.77. The average molecular weight is 428 g/mol. The first-order valence-corrected chi connectivity index (χ1v) is 11.7. The summed E-state index contributed by atoms with van der Waals surface area (Å²) in [4.78, 5) is 16.7. The third-order valence-corrected chi connectivity index (χ3v) is 6.69. The summed E-state index contributed by atoms with van der Waals surface area (Å²) < 4.78 is 2.08. The van der Waals surface area contributed by atoms with Crippen molar-refractivity contribution in [3.05, 3.63) is 52.2 Å². The Morgan fingerprint density at radius 1 is 1.17 bits per heavy atom. The van der Waals surface area contributed by atoms with Crippen molar-refractivity contribution < 1.29 is 4.79 Å². The molecule has 152 valence electrons. The minimum atomic E-state index is 0.0855. The number of carbonyl (C=O) groups is 1. The molecule has 4 rings (SSSR count). The molecule has 0 N–H and O–H groups in total. The van der Waals surface area contributed by atoms with Crippen LogP contribution in [0.25, 0.3) is 5.69 Å². The Morgan fingerprint density at radius 3 is 2.62 bits per heavy atom. The minimum absolute atomic E-state index is 0.0855. The van der Waals surface area contributed by atoms with Gasteiger partial charge in [0.15, 0.2) is 5.16 Å². The van der Waals surface area contributed by atoms with Gasteiger partial charge in [0.05, 0.1) is 11.4 Å².